The van der Waals surface area contributed by atoms with Crippen LogP contribution in [0.5, 0.6) is 0 Å². The van der Waals surface area contributed by atoms with E-state index in [2.05, 4.69) is 11.9 Å². The fourth-order valence-corrected chi connectivity index (χ4v) is 3.31. The monoisotopic (exact) mass is 362 g/mol. The van der Waals surface area contributed by atoms with Crippen molar-refractivity contribution < 1.29 is 4.79 Å². The number of aromatic amines is 1. The highest BCUT2D eigenvalue weighted by molar-refractivity contribution is 5.94. The van der Waals surface area contributed by atoms with Crippen LogP contribution in [0.25, 0.3) is 10.9 Å². The number of H-pyrrole nitrogens is 1. The molecule has 0 fully saturated rings. The topological polar surface area (TPSA) is 53.2 Å². The van der Waals surface area contributed by atoms with Gasteiger partial charge < -0.3 is 9.88 Å². The maximum absolute atomic E-state index is 13.0. The van der Waals surface area contributed by atoms with Gasteiger partial charge in [-0.15, -0.1) is 0 Å². The van der Waals surface area contributed by atoms with E-state index in [1.54, 1.807) is 4.90 Å². The molecule has 0 bridgehead atoms. The van der Waals surface area contributed by atoms with Gasteiger partial charge in [0.25, 0.3) is 11.5 Å². The highest BCUT2D eigenvalue weighted by Gasteiger charge is 2.18. The minimum Gasteiger partial charge on any atom is -0.334 e. The van der Waals surface area contributed by atoms with Crippen LogP contribution in [0.1, 0.15) is 46.8 Å². The van der Waals surface area contributed by atoms with Gasteiger partial charge in [0.1, 0.15) is 0 Å². The second-order valence-corrected chi connectivity index (χ2v) is 7.11. The molecule has 3 aromatic rings. The molecule has 0 aliphatic carbocycles. The first-order valence-corrected chi connectivity index (χ1v) is 9.47. The Bertz CT molecular complexity index is 1020. The molecule has 27 heavy (non-hydrogen) atoms. The molecule has 0 aliphatic rings. The number of para-hydroxylation sites is 1. The zero-order chi connectivity index (χ0) is 19.4. The second kappa shape index (κ2) is 8.21. The number of carbonyl (C=O) groups is 1. The van der Waals surface area contributed by atoms with Crippen LogP contribution < -0.4 is 5.56 Å². The van der Waals surface area contributed by atoms with E-state index >= 15 is 0 Å². The summed E-state index contributed by atoms with van der Waals surface area (Å²) in [5, 5.41) is 0.989. The first-order chi connectivity index (χ1) is 13.0. The second-order valence-electron chi connectivity index (χ2n) is 7.11. The number of nitrogens with one attached hydrogen (secondary N) is 1. The SMILES string of the molecule is CCCCN(Cc1cc2cccc(C)c2[nH]c1=O)C(=O)c1cccc(C)c1. The molecule has 0 radical (unpaired) electrons. The van der Waals surface area contributed by atoms with Gasteiger partial charge in [-0.2, -0.15) is 0 Å². The minimum absolute atomic E-state index is 0.0316. The van der Waals surface area contributed by atoms with Gasteiger partial charge in [-0.05, 0) is 49.4 Å². The largest absolute Gasteiger partial charge is 0.334 e. The van der Waals surface area contributed by atoms with Crippen molar-refractivity contribution in [3.63, 3.8) is 0 Å². The number of benzene rings is 2. The summed E-state index contributed by atoms with van der Waals surface area (Å²) in [6.07, 6.45) is 1.90. The summed E-state index contributed by atoms with van der Waals surface area (Å²) in [4.78, 5) is 30.4. The maximum atomic E-state index is 13.0. The van der Waals surface area contributed by atoms with Crippen LogP contribution >= 0.6 is 0 Å². The first kappa shape index (κ1) is 18.9. The smallest absolute Gasteiger partial charge is 0.254 e. The van der Waals surface area contributed by atoms with E-state index in [4.69, 9.17) is 0 Å². The van der Waals surface area contributed by atoms with Gasteiger partial charge in [-0.3, -0.25) is 9.59 Å². The van der Waals surface area contributed by atoms with Gasteiger partial charge in [0.15, 0.2) is 0 Å². The molecule has 0 saturated heterocycles. The van der Waals surface area contributed by atoms with E-state index in [1.807, 2.05) is 62.4 Å². The number of rotatable bonds is 6. The number of hydrogen-bond acceptors (Lipinski definition) is 2. The standard InChI is InChI=1S/C23H26N2O2/c1-4-5-12-25(23(27)19-11-6-8-16(2)13-19)15-20-14-18-10-7-9-17(3)21(18)24-22(20)26/h6-11,13-14H,4-5,12,15H2,1-3H3,(H,24,26). The van der Waals surface area contributed by atoms with Crippen LogP contribution in [0.4, 0.5) is 0 Å². The van der Waals surface area contributed by atoms with Crippen molar-refractivity contribution in [1.82, 2.24) is 9.88 Å². The Morgan fingerprint density at radius 2 is 1.85 bits per heavy atom. The van der Waals surface area contributed by atoms with E-state index < -0.39 is 0 Å². The number of carbonyl (C=O) groups excluding carboxylic acids is 1. The van der Waals surface area contributed by atoms with E-state index in [0.29, 0.717) is 24.2 Å². The summed E-state index contributed by atoms with van der Waals surface area (Å²) in [6, 6.07) is 15.5. The van der Waals surface area contributed by atoms with Crippen molar-refractivity contribution in [3.8, 4) is 0 Å². The van der Waals surface area contributed by atoms with Gasteiger partial charge in [0, 0.05) is 17.7 Å². The molecule has 0 unspecified atom stereocenters. The van der Waals surface area contributed by atoms with Crippen molar-refractivity contribution in [2.24, 2.45) is 0 Å². The first-order valence-electron chi connectivity index (χ1n) is 9.47. The number of fused-ring (bicyclic) bond motifs is 1. The molecule has 3 rings (SSSR count). The molecule has 2 aromatic carbocycles. The third-order valence-electron chi connectivity index (χ3n) is 4.86. The average molecular weight is 362 g/mol. The Hall–Kier alpha value is -2.88. The summed E-state index contributed by atoms with van der Waals surface area (Å²) in [7, 11) is 0. The fourth-order valence-electron chi connectivity index (χ4n) is 3.31. The molecular weight excluding hydrogens is 336 g/mol. The molecule has 0 aliphatic heterocycles. The highest BCUT2D eigenvalue weighted by Crippen LogP contribution is 2.17. The lowest BCUT2D eigenvalue weighted by molar-refractivity contribution is 0.0740. The third kappa shape index (κ3) is 4.27. The zero-order valence-electron chi connectivity index (χ0n) is 16.2. The predicted octanol–water partition coefficient (Wildman–Crippen LogP) is 4.59. The van der Waals surface area contributed by atoms with Crippen LogP contribution in [0, 0.1) is 13.8 Å². The molecule has 140 valence electrons. The Morgan fingerprint density at radius 3 is 2.59 bits per heavy atom. The van der Waals surface area contributed by atoms with E-state index in [-0.39, 0.29) is 11.5 Å². The predicted molar refractivity (Wildman–Crippen MR) is 110 cm³/mol. The molecule has 1 heterocycles. The minimum atomic E-state index is -0.129. The number of pyridine rings is 1. The molecule has 0 spiro atoms. The molecule has 1 aromatic heterocycles. The molecule has 4 heteroatoms. The number of aryl methyl sites for hydroxylation is 2. The van der Waals surface area contributed by atoms with Crippen molar-refractivity contribution in [3.05, 3.63) is 81.1 Å². The van der Waals surface area contributed by atoms with Crippen LogP contribution in [-0.2, 0) is 6.54 Å². The lowest BCUT2D eigenvalue weighted by Gasteiger charge is -2.23. The summed E-state index contributed by atoms with van der Waals surface area (Å²) in [5.74, 6) is -0.0316. The normalized spacial score (nSPS) is 10.9. The average Bonchev–Trinajstić information content (AvgIpc) is 2.65. The summed E-state index contributed by atoms with van der Waals surface area (Å²) < 4.78 is 0. The van der Waals surface area contributed by atoms with Crippen molar-refractivity contribution in [2.45, 2.75) is 40.2 Å². The Labute approximate surface area is 159 Å². The zero-order valence-corrected chi connectivity index (χ0v) is 16.2. The molecular formula is C23H26N2O2. The van der Waals surface area contributed by atoms with Crippen molar-refractivity contribution in [1.29, 1.82) is 0 Å². The number of nitrogens with zero attached hydrogens (tertiary/aromatic N) is 1. The molecule has 1 N–H and O–H groups in total. The fraction of sp³-hybridized carbons (Fsp3) is 0.304. The summed E-state index contributed by atoms with van der Waals surface area (Å²) >= 11 is 0. The van der Waals surface area contributed by atoms with Crippen LogP contribution in [-0.4, -0.2) is 22.3 Å². The van der Waals surface area contributed by atoms with Gasteiger partial charge in [0.05, 0.1) is 12.1 Å². The summed E-state index contributed by atoms with van der Waals surface area (Å²) in [5.41, 5.74) is 4.10. The molecule has 0 atom stereocenters. The maximum Gasteiger partial charge on any atom is 0.254 e. The van der Waals surface area contributed by atoms with Crippen LogP contribution in [0.3, 0.4) is 0 Å². The Kier molecular flexibility index (Phi) is 5.75. The highest BCUT2D eigenvalue weighted by atomic mass is 16.2. The quantitative estimate of drug-likeness (QED) is 0.697. The van der Waals surface area contributed by atoms with Gasteiger partial charge in [-0.1, -0.05) is 49.2 Å². The number of aromatic nitrogens is 1. The Balaban J connectivity index is 1.95. The lowest BCUT2D eigenvalue weighted by atomic mass is 10.1. The van der Waals surface area contributed by atoms with Crippen molar-refractivity contribution >= 4 is 16.8 Å². The van der Waals surface area contributed by atoms with Crippen molar-refractivity contribution in [2.75, 3.05) is 6.54 Å². The summed E-state index contributed by atoms with van der Waals surface area (Å²) in [6.45, 7) is 7.00. The van der Waals surface area contributed by atoms with E-state index in [9.17, 15) is 9.59 Å². The van der Waals surface area contributed by atoms with Gasteiger partial charge in [-0.25, -0.2) is 0 Å². The van der Waals surface area contributed by atoms with Gasteiger partial charge >= 0.3 is 0 Å². The van der Waals surface area contributed by atoms with Crippen LogP contribution in [0.15, 0.2) is 53.3 Å². The number of hydrogen-bond donors (Lipinski definition) is 1. The van der Waals surface area contributed by atoms with Crippen LogP contribution in [0.2, 0.25) is 0 Å². The number of amides is 1. The Morgan fingerprint density at radius 1 is 1.07 bits per heavy atom. The van der Waals surface area contributed by atoms with E-state index in [0.717, 1.165) is 34.9 Å². The number of unbranched alkanes of at least 4 members (excludes halogenated alkanes) is 1. The molecule has 4 nitrogen and oxygen atoms in total. The molecule has 0 saturated carbocycles. The molecule has 1 amide bonds. The van der Waals surface area contributed by atoms with Gasteiger partial charge in [0.2, 0.25) is 0 Å². The third-order valence-corrected chi connectivity index (χ3v) is 4.86. The van der Waals surface area contributed by atoms with E-state index in [1.165, 1.54) is 0 Å². The lowest BCUT2D eigenvalue weighted by Crippen LogP contribution is -2.33.